The topological polar surface area (TPSA) is 68.2 Å². The molecule has 0 spiro atoms. The molecule has 0 aliphatic carbocycles. The molecule has 6 heteroatoms. The van der Waals surface area contributed by atoms with Gasteiger partial charge in [0.15, 0.2) is 0 Å². The van der Waals surface area contributed by atoms with Crippen molar-refractivity contribution in [2.45, 2.75) is 19.8 Å². The molecule has 0 saturated heterocycles. The molecule has 0 bridgehead atoms. The van der Waals surface area contributed by atoms with E-state index in [0.29, 0.717) is 5.82 Å². The third-order valence-electron chi connectivity index (χ3n) is 4.42. The van der Waals surface area contributed by atoms with Crippen molar-refractivity contribution in [2.75, 3.05) is 17.7 Å². The van der Waals surface area contributed by atoms with Crippen molar-refractivity contribution in [1.82, 2.24) is 9.78 Å². The summed E-state index contributed by atoms with van der Waals surface area (Å²) < 4.78 is 6.91. The van der Waals surface area contributed by atoms with Crippen LogP contribution in [0, 0.1) is 6.92 Å². The Bertz CT molecular complexity index is 932. The van der Waals surface area contributed by atoms with Gasteiger partial charge in [-0.3, -0.25) is 9.48 Å². The van der Waals surface area contributed by atoms with Crippen LogP contribution >= 0.6 is 0 Å². The first kappa shape index (κ1) is 18.5. The molecule has 140 valence electrons. The average Bonchev–Trinajstić information content (AvgIpc) is 2.98. The Kier molecular flexibility index (Phi) is 5.45. The Balaban J connectivity index is 1.66. The Morgan fingerprint density at radius 2 is 1.85 bits per heavy atom. The van der Waals surface area contributed by atoms with Crippen LogP contribution in [0.4, 0.5) is 17.2 Å². The van der Waals surface area contributed by atoms with Crippen LogP contribution in [0.2, 0.25) is 0 Å². The van der Waals surface area contributed by atoms with Gasteiger partial charge in [-0.15, -0.1) is 0 Å². The monoisotopic (exact) mass is 364 g/mol. The molecule has 0 aliphatic rings. The molecular formula is C21H24N4O2. The zero-order chi connectivity index (χ0) is 19.4. The highest BCUT2D eigenvalue weighted by atomic mass is 16.5. The summed E-state index contributed by atoms with van der Waals surface area (Å²) in [6.07, 6.45) is 0. The molecule has 2 N–H and O–H groups in total. The zero-order valence-corrected chi connectivity index (χ0v) is 16.0. The fraction of sp³-hybridized carbons (Fsp3) is 0.238. The van der Waals surface area contributed by atoms with Gasteiger partial charge in [0.05, 0.1) is 18.7 Å². The van der Waals surface area contributed by atoms with Crippen LogP contribution < -0.4 is 15.4 Å². The Morgan fingerprint density at radius 3 is 2.48 bits per heavy atom. The normalized spacial score (nSPS) is 11.7. The van der Waals surface area contributed by atoms with E-state index in [4.69, 9.17) is 4.74 Å². The Labute approximate surface area is 159 Å². The van der Waals surface area contributed by atoms with Crippen LogP contribution in [-0.2, 0) is 11.8 Å². The van der Waals surface area contributed by atoms with Gasteiger partial charge in [-0.25, -0.2) is 0 Å². The molecule has 0 radical (unpaired) electrons. The van der Waals surface area contributed by atoms with Crippen molar-refractivity contribution in [2.24, 2.45) is 7.05 Å². The van der Waals surface area contributed by atoms with Gasteiger partial charge in [0.25, 0.3) is 0 Å². The number of nitrogens with one attached hydrogen (secondary N) is 2. The number of aryl methyl sites for hydroxylation is 2. The predicted molar refractivity (Wildman–Crippen MR) is 108 cm³/mol. The number of carbonyl (C=O) groups is 1. The van der Waals surface area contributed by atoms with Crippen molar-refractivity contribution in [3.8, 4) is 5.75 Å². The van der Waals surface area contributed by atoms with Crippen LogP contribution in [0.5, 0.6) is 5.75 Å². The SMILES string of the molecule is COc1cccc(Nc2ccc(C(C)C(=O)Nc3cc(C)nn3C)cc2)c1. The van der Waals surface area contributed by atoms with Crippen LogP contribution in [0.25, 0.3) is 0 Å². The number of hydrogen-bond acceptors (Lipinski definition) is 4. The largest absolute Gasteiger partial charge is 0.497 e. The van der Waals surface area contributed by atoms with E-state index in [1.165, 1.54) is 0 Å². The molecule has 3 rings (SSSR count). The minimum atomic E-state index is -0.272. The van der Waals surface area contributed by atoms with Gasteiger partial charge in [-0.1, -0.05) is 18.2 Å². The first-order chi connectivity index (χ1) is 13.0. The number of ether oxygens (including phenoxy) is 1. The highest BCUT2D eigenvalue weighted by Gasteiger charge is 2.17. The minimum absolute atomic E-state index is 0.0634. The van der Waals surface area contributed by atoms with Crippen molar-refractivity contribution >= 4 is 23.1 Å². The highest BCUT2D eigenvalue weighted by Crippen LogP contribution is 2.24. The minimum Gasteiger partial charge on any atom is -0.497 e. The maximum absolute atomic E-state index is 12.5. The van der Waals surface area contributed by atoms with E-state index in [9.17, 15) is 4.79 Å². The van der Waals surface area contributed by atoms with E-state index >= 15 is 0 Å². The summed E-state index contributed by atoms with van der Waals surface area (Å²) in [7, 11) is 3.46. The standard InChI is InChI=1S/C21H24N4O2/c1-14-12-20(25(3)24-14)23-21(26)15(2)16-8-10-17(11-9-16)22-18-6-5-7-19(13-18)27-4/h5-13,15,22H,1-4H3,(H,23,26). The van der Waals surface area contributed by atoms with Crippen LogP contribution in [0.15, 0.2) is 54.6 Å². The molecule has 6 nitrogen and oxygen atoms in total. The van der Waals surface area contributed by atoms with Gasteiger partial charge in [-0.05, 0) is 43.7 Å². The number of nitrogens with zero attached hydrogens (tertiary/aromatic N) is 2. The van der Waals surface area contributed by atoms with Crippen molar-refractivity contribution in [1.29, 1.82) is 0 Å². The summed E-state index contributed by atoms with van der Waals surface area (Å²) in [5.41, 5.74) is 3.71. The number of hydrogen-bond donors (Lipinski definition) is 2. The van der Waals surface area contributed by atoms with Crippen molar-refractivity contribution < 1.29 is 9.53 Å². The Morgan fingerprint density at radius 1 is 1.11 bits per heavy atom. The number of anilines is 3. The van der Waals surface area contributed by atoms with Gasteiger partial charge in [0.1, 0.15) is 11.6 Å². The van der Waals surface area contributed by atoms with E-state index < -0.39 is 0 Å². The van der Waals surface area contributed by atoms with E-state index in [0.717, 1.165) is 28.4 Å². The van der Waals surface area contributed by atoms with E-state index in [2.05, 4.69) is 15.7 Å². The molecule has 2 aromatic carbocycles. The van der Waals surface area contributed by atoms with Crippen molar-refractivity contribution in [3.05, 3.63) is 65.9 Å². The summed E-state index contributed by atoms with van der Waals surface area (Å²) >= 11 is 0. The van der Waals surface area contributed by atoms with Gasteiger partial charge in [0.2, 0.25) is 5.91 Å². The van der Waals surface area contributed by atoms with Crippen molar-refractivity contribution in [3.63, 3.8) is 0 Å². The molecule has 0 aliphatic heterocycles. The smallest absolute Gasteiger partial charge is 0.232 e. The predicted octanol–water partition coefficient (Wildman–Crippen LogP) is 4.22. The second-order valence-corrected chi connectivity index (χ2v) is 6.48. The summed E-state index contributed by atoms with van der Waals surface area (Å²) in [5, 5.41) is 10.5. The molecule has 3 aromatic rings. The molecule has 1 heterocycles. The number of methoxy groups -OCH3 is 1. The molecule has 1 unspecified atom stereocenters. The summed E-state index contributed by atoms with van der Waals surface area (Å²) in [6.45, 7) is 3.79. The fourth-order valence-corrected chi connectivity index (χ4v) is 2.84. The van der Waals surface area contributed by atoms with E-state index in [-0.39, 0.29) is 11.8 Å². The molecule has 27 heavy (non-hydrogen) atoms. The maximum atomic E-state index is 12.5. The molecular weight excluding hydrogens is 340 g/mol. The molecule has 0 saturated carbocycles. The van der Waals surface area contributed by atoms with Crippen LogP contribution in [-0.4, -0.2) is 22.8 Å². The summed E-state index contributed by atoms with van der Waals surface area (Å²) in [4.78, 5) is 12.5. The Hall–Kier alpha value is -3.28. The average molecular weight is 364 g/mol. The maximum Gasteiger partial charge on any atom is 0.232 e. The third-order valence-corrected chi connectivity index (χ3v) is 4.42. The first-order valence-electron chi connectivity index (χ1n) is 8.79. The fourth-order valence-electron chi connectivity index (χ4n) is 2.84. The quantitative estimate of drug-likeness (QED) is 0.687. The van der Waals surface area contributed by atoms with E-state index in [1.54, 1.807) is 11.8 Å². The summed E-state index contributed by atoms with van der Waals surface area (Å²) in [6, 6.07) is 17.4. The molecule has 0 fully saturated rings. The second-order valence-electron chi connectivity index (χ2n) is 6.48. The number of benzene rings is 2. The van der Waals surface area contributed by atoms with Gasteiger partial charge in [0, 0.05) is 30.6 Å². The zero-order valence-electron chi connectivity index (χ0n) is 16.0. The second kappa shape index (κ2) is 7.95. The van der Waals surface area contributed by atoms with Gasteiger partial charge < -0.3 is 15.4 Å². The number of aromatic nitrogens is 2. The lowest BCUT2D eigenvalue weighted by molar-refractivity contribution is -0.117. The first-order valence-corrected chi connectivity index (χ1v) is 8.79. The lowest BCUT2D eigenvalue weighted by Gasteiger charge is -2.14. The molecule has 1 aromatic heterocycles. The van der Waals surface area contributed by atoms with Crippen LogP contribution in [0.3, 0.4) is 0 Å². The van der Waals surface area contributed by atoms with Gasteiger partial charge >= 0.3 is 0 Å². The number of carbonyl (C=O) groups excluding carboxylic acids is 1. The lowest BCUT2D eigenvalue weighted by atomic mass is 10.00. The lowest BCUT2D eigenvalue weighted by Crippen LogP contribution is -2.20. The number of rotatable bonds is 6. The number of amides is 1. The molecule has 1 atom stereocenters. The van der Waals surface area contributed by atoms with E-state index in [1.807, 2.05) is 75.5 Å². The van der Waals surface area contributed by atoms with Gasteiger partial charge in [-0.2, -0.15) is 5.10 Å². The third kappa shape index (κ3) is 4.47. The molecule has 1 amide bonds. The highest BCUT2D eigenvalue weighted by molar-refractivity contribution is 5.95. The van der Waals surface area contributed by atoms with Crippen LogP contribution in [0.1, 0.15) is 24.1 Å². The summed E-state index contributed by atoms with van der Waals surface area (Å²) in [5.74, 6) is 1.16.